The molecule has 35 heavy (non-hydrogen) atoms. The van der Waals surface area contributed by atoms with Crippen LogP contribution in [0.1, 0.15) is 48.7 Å². The molecule has 2 aromatic carbocycles. The molecule has 1 aromatic heterocycles. The molecule has 1 fully saturated rings. The van der Waals surface area contributed by atoms with Crippen molar-refractivity contribution in [1.29, 1.82) is 0 Å². The van der Waals surface area contributed by atoms with E-state index in [0.717, 1.165) is 16.3 Å². The van der Waals surface area contributed by atoms with Gasteiger partial charge in [0.05, 0.1) is 27.4 Å². The molecular formula is C23H20ClF3N4O4. The number of ether oxygens (including phenoxy) is 1. The Morgan fingerprint density at radius 2 is 1.97 bits per heavy atom. The van der Waals surface area contributed by atoms with Gasteiger partial charge in [0.2, 0.25) is 5.91 Å². The molecule has 0 aliphatic heterocycles. The van der Waals surface area contributed by atoms with E-state index in [1.54, 1.807) is 18.2 Å². The summed E-state index contributed by atoms with van der Waals surface area (Å²) in [5, 5.41) is 17.0. The zero-order valence-corrected chi connectivity index (χ0v) is 19.4. The lowest BCUT2D eigenvalue weighted by atomic mass is 10.2. The van der Waals surface area contributed by atoms with Crippen LogP contribution in [0.2, 0.25) is 5.02 Å². The van der Waals surface area contributed by atoms with Gasteiger partial charge in [-0.15, -0.1) is 0 Å². The summed E-state index contributed by atoms with van der Waals surface area (Å²) in [7, 11) is 0. The average molecular weight is 509 g/mol. The number of aryl methyl sites for hydroxylation is 1. The lowest BCUT2D eigenvalue weighted by Gasteiger charge is -2.16. The molecule has 3 aromatic rings. The fourth-order valence-electron chi connectivity index (χ4n) is 3.62. The maximum absolute atomic E-state index is 13.4. The Balaban J connectivity index is 1.62. The number of carbonyl (C=O) groups excluding carboxylic acids is 1. The molecule has 1 amide bonds. The number of halogens is 4. The van der Waals surface area contributed by atoms with E-state index in [1.165, 1.54) is 19.1 Å². The van der Waals surface area contributed by atoms with Crippen molar-refractivity contribution < 1.29 is 27.6 Å². The van der Waals surface area contributed by atoms with Gasteiger partial charge in [-0.1, -0.05) is 23.7 Å². The van der Waals surface area contributed by atoms with Crippen molar-refractivity contribution in [2.75, 3.05) is 5.32 Å². The van der Waals surface area contributed by atoms with Crippen LogP contribution in [0.25, 0.3) is 0 Å². The average Bonchev–Trinajstić information content (AvgIpc) is 3.53. The summed E-state index contributed by atoms with van der Waals surface area (Å²) in [6.07, 6.45) is -3.49. The largest absolute Gasteiger partial charge is 0.457 e. The molecule has 1 N–H and O–H groups in total. The maximum atomic E-state index is 13.4. The number of nitrogens with one attached hydrogen (secondary N) is 1. The van der Waals surface area contributed by atoms with Crippen molar-refractivity contribution >= 4 is 28.9 Å². The molecule has 1 atom stereocenters. The molecule has 0 saturated heterocycles. The van der Waals surface area contributed by atoms with E-state index < -0.39 is 33.8 Å². The van der Waals surface area contributed by atoms with Crippen LogP contribution in [0.4, 0.5) is 24.5 Å². The highest BCUT2D eigenvalue weighted by atomic mass is 35.5. The van der Waals surface area contributed by atoms with E-state index in [0.29, 0.717) is 18.6 Å². The Hall–Kier alpha value is -3.60. The van der Waals surface area contributed by atoms with E-state index in [2.05, 4.69) is 10.4 Å². The highest BCUT2D eigenvalue weighted by Crippen LogP contribution is 2.47. The maximum Gasteiger partial charge on any atom is 0.436 e. The molecule has 0 spiro atoms. The number of hydrogen-bond donors (Lipinski definition) is 1. The first-order valence-corrected chi connectivity index (χ1v) is 11.0. The van der Waals surface area contributed by atoms with E-state index in [1.807, 2.05) is 13.0 Å². The zero-order chi connectivity index (χ0) is 25.5. The number of non-ortho nitro benzene ring substituents is 1. The van der Waals surface area contributed by atoms with Crippen molar-refractivity contribution in [3.8, 4) is 11.5 Å². The Morgan fingerprint density at radius 1 is 1.26 bits per heavy atom. The van der Waals surface area contributed by atoms with Crippen LogP contribution < -0.4 is 10.1 Å². The number of carbonyl (C=O) groups is 1. The number of nitrogens with zero attached hydrogens (tertiary/aromatic N) is 3. The first-order chi connectivity index (χ1) is 16.4. The van der Waals surface area contributed by atoms with Crippen LogP contribution in [0.15, 0.2) is 42.5 Å². The van der Waals surface area contributed by atoms with E-state index in [4.69, 9.17) is 16.3 Å². The van der Waals surface area contributed by atoms with Gasteiger partial charge in [-0.25, -0.2) is 0 Å². The minimum absolute atomic E-state index is 0.0426. The van der Waals surface area contributed by atoms with Crippen molar-refractivity contribution in [1.82, 2.24) is 9.78 Å². The number of aromatic nitrogens is 2. The van der Waals surface area contributed by atoms with Crippen LogP contribution in [0.3, 0.4) is 0 Å². The van der Waals surface area contributed by atoms with Crippen molar-refractivity contribution in [2.24, 2.45) is 0 Å². The van der Waals surface area contributed by atoms with E-state index in [9.17, 15) is 28.1 Å². The summed E-state index contributed by atoms with van der Waals surface area (Å²) >= 11 is 6.00. The Labute approximate surface area is 202 Å². The first-order valence-electron chi connectivity index (χ1n) is 10.6. The summed E-state index contributed by atoms with van der Waals surface area (Å²) in [6, 6.07) is 9.58. The standard InChI is InChI=1S/C23H20ClF3N4O4/c1-12-4-3-5-17(8-12)35-18-10-15(9-16(11-18)31(33)34)28-22(32)13(2)30-20(14-6-7-14)19(24)21(29-30)23(25,26)27/h3-5,8-11,13-14H,6-7H2,1-2H3,(H,28,32). The normalized spacial score (nSPS) is 14.5. The lowest BCUT2D eigenvalue weighted by Crippen LogP contribution is -2.26. The Bertz CT molecular complexity index is 1300. The quantitative estimate of drug-likeness (QED) is 0.285. The Kier molecular flexibility index (Phi) is 6.46. The molecule has 0 radical (unpaired) electrons. The summed E-state index contributed by atoms with van der Waals surface area (Å²) in [5.74, 6) is -0.390. The highest BCUT2D eigenvalue weighted by molar-refractivity contribution is 6.32. The fourth-order valence-corrected chi connectivity index (χ4v) is 4.01. The van der Waals surface area contributed by atoms with Crippen LogP contribution in [0, 0.1) is 17.0 Å². The van der Waals surface area contributed by atoms with E-state index >= 15 is 0 Å². The van der Waals surface area contributed by atoms with Gasteiger partial charge in [0.15, 0.2) is 5.69 Å². The van der Waals surface area contributed by atoms with Gasteiger partial charge < -0.3 is 10.1 Å². The number of amides is 1. The second-order valence-electron chi connectivity index (χ2n) is 8.32. The van der Waals surface area contributed by atoms with Gasteiger partial charge in [0, 0.05) is 18.1 Å². The number of hydrogen-bond acceptors (Lipinski definition) is 5. The van der Waals surface area contributed by atoms with Crippen LogP contribution in [0.5, 0.6) is 11.5 Å². The van der Waals surface area contributed by atoms with Crippen molar-refractivity contribution in [3.63, 3.8) is 0 Å². The van der Waals surface area contributed by atoms with Gasteiger partial charge in [0.25, 0.3) is 5.69 Å². The SMILES string of the molecule is Cc1cccc(Oc2cc(NC(=O)C(C)n3nc(C(F)(F)F)c(Cl)c3C3CC3)cc([N+](=O)[O-])c2)c1. The van der Waals surface area contributed by atoms with Crippen LogP contribution >= 0.6 is 11.6 Å². The monoisotopic (exact) mass is 508 g/mol. The molecule has 12 heteroatoms. The molecule has 1 aliphatic rings. The number of alkyl halides is 3. The van der Waals surface area contributed by atoms with Crippen LogP contribution in [-0.2, 0) is 11.0 Å². The predicted octanol–water partition coefficient (Wildman–Crippen LogP) is 6.64. The molecule has 0 bridgehead atoms. The minimum Gasteiger partial charge on any atom is -0.457 e. The second-order valence-corrected chi connectivity index (χ2v) is 8.70. The summed E-state index contributed by atoms with van der Waals surface area (Å²) < 4.78 is 46.8. The third-order valence-electron chi connectivity index (χ3n) is 5.46. The molecule has 8 nitrogen and oxygen atoms in total. The molecular weight excluding hydrogens is 489 g/mol. The number of anilines is 1. The number of nitro benzene ring substituents is 1. The molecule has 4 rings (SSSR count). The van der Waals surface area contributed by atoms with Gasteiger partial charge >= 0.3 is 6.18 Å². The molecule has 1 saturated carbocycles. The summed E-state index contributed by atoms with van der Waals surface area (Å²) in [5.41, 5.74) is -0.467. The number of benzene rings is 2. The van der Waals surface area contributed by atoms with Gasteiger partial charge in [0.1, 0.15) is 17.5 Å². The van der Waals surface area contributed by atoms with Gasteiger partial charge in [-0.3, -0.25) is 19.6 Å². The third kappa shape index (κ3) is 5.40. The zero-order valence-electron chi connectivity index (χ0n) is 18.6. The molecule has 1 unspecified atom stereocenters. The predicted molar refractivity (Wildman–Crippen MR) is 122 cm³/mol. The van der Waals surface area contributed by atoms with Crippen LogP contribution in [-0.4, -0.2) is 20.6 Å². The first kappa shape index (κ1) is 24.5. The smallest absolute Gasteiger partial charge is 0.436 e. The minimum atomic E-state index is -4.77. The van der Waals surface area contributed by atoms with E-state index in [-0.39, 0.29) is 28.7 Å². The summed E-state index contributed by atoms with van der Waals surface area (Å²) in [6.45, 7) is 3.24. The molecule has 184 valence electrons. The molecule has 1 aliphatic carbocycles. The van der Waals surface area contributed by atoms with Crippen molar-refractivity contribution in [3.05, 3.63) is 74.6 Å². The van der Waals surface area contributed by atoms with Gasteiger partial charge in [-0.2, -0.15) is 18.3 Å². The number of nitro groups is 1. The Morgan fingerprint density at radius 3 is 2.57 bits per heavy atom. The van der Waals surface area contributed by atoms with Crippen molar-refractivity contribution in [2.45, 2.75) is 44.8 Å². The third-order valence-corrected chi connectivity index (χ3v) is 5.83. The van der Waals surface area contributed by atoms with Gasteiger partial charge in [-0.05, 0) is 44.4 Å². The highest BCUT2D eigenvalue weighted by Gasteiger charge is 2.43. The lowest BCUT2D eigenvalue weighted by molar-refractivity contribution is -0.384. The second kappa shape index (κ2) is 9.21. The molecule has 1 heterocycles. The number of rotatable bonds is 7. The fraction of sp³-hybridized carbons (Fsp3) is 0.304. The topological polar surface area (TPSA) is 99.3 Å². The summed E-state index contributed by atoms with van der Waals surface area (Å²) in [4.78, 5) is 23.7.